The van der Waals surface area contributed by atoms with Gasteiger partial charge in [-0.15, -0.1) is 11.6 Å². The lowest BCUT2D eigenvalue weighted by atomic mass is 10.0. The van der Waals surface area contributed by atoms with E-state index in [4.69, 9.17) is 28.6 Å². The molecule has 0 aromatic heterocycles. The Bertz CT molecular complexity index is 759. The van der Waals surface area contributed by atoms with E-state index in [-0.39, 0.29) is 11.0 Å². The van der Waals surface area contributed by atoms with Crippen molar-refractivity contribution in [3.05, 3.63) is 60.2 Å². The molecule has 0 spiro atoms. The molecule has 2 fully saturated rings. The van der Waals surface area contributed by atoms with E-state index in [1.807, 2.05) is 24.3 Å². The molecule has 0 radical (unpaired) electrons. The number of anilines is 1. The van der Waals surface area contributed by atoms with E-state index < -0.39 is 0 Å². The molecule has 2 N–H and O–H groups in total. The molecule has 2 aliphatic rings. The lowest BCUT2D eigenvalue weighted by Gasteiger charge is -2.12. The zero-order chi connectivity index (χ0) is 16.6. The summed E-state index contributed by atoms with van der Waals surface area (Å²) in [5.41, 5.74) is 2.56. The average Bonchev–Trinajstić information content (AvgIpc) is 3.41. The molecule has 24 heavy (non-hydrogen) atoms. The molecule has 124 valence electrons. The van der Waals surface area contributed by atoms with Crippen LogP contribution in [0.5, 0.6) is 5.75 Å². The minimum absolute atomic E-state index is 0.00432. The van der Waals surface area contributed by atoms with E-state index in [2.05, 4.69) is 41.0 Å². The summed E-state index contributed by atoms with van der Waals surface area (Å²) in [6.07, 6.45) is 2.22. The Labute approximate surface area is 152 Å². The monoisotopic (exact) mass is 358 g/mol. The zero-order valence-corrected chi connectivity index (χ0v) is 14.8. The van der Waals surface area contributed by atoms with Gasteiger partial charge in [-0.05, 0) is 29.9 Å². The summed E-state index contributed by atoms with van der Waals surface area (Å²) >= 11 is 10.9. The molecule has 3 nitrogen and oxygen atoms in total. The number of thiocarbonyl (C=S) groups is 1. The Morgan fingerprint density at radius 3 is 2.67 bits per heavy atom. The summed E-state index contributed by atoms with van der Waals surface area (Å²) in [6.45, 7) is 0.645. The van der Waals surface area contributed by atoms with Crippen molar-refractivity contribution in [1.29, 1.82) is 0 Å². The van der Waals surface area contributed by atoms with Crippen LogP contribution >= 0.6 is 23.8 Å². The van der Waals surface area contributed by atoms with E-state index in [1.54, 1.807) is 0 Å². The second-order valence-corrected chi connectivity index (χ2v) is 7.28. The number of halogens is 1. The van der Waals surface area contributed by atoms with Gasteiger partial charge in [0.05, 0.1) is 0 Å². The van der Waals surface area contributed by atoms with Crippen LogP contribution in [0.15, 0.2) is 54.6 Å². The molecular formula is C19H19ClN2OS. The van der Waals surface area contributed by atoms with E-state index in [0.29, 0.717) is 17.5 Å². The molecule has 4 rings (SSSR count). The second-order valence-electron chi connectivity index (χ2n) is 6.50. The number of hydrogen-bond donors (Lipinski definition) is 2. The predicted molar refractivity (Wildman–Crippen MR) is 102 cm³/mol. The number of nitrogens with one attached hydrogen (secondary N) is 2. The minimum Gasteiger partial charge on any atom is -0.486 e. The first-order valence-corrected chi connectivity index (χ1v) is 9.07. The van der Waals surface area contributed by atoms with Gasteiger partial charge in [0.2, 0.25) is 0 Å². The molecule has 2 aliphatic carbocycles. The standard InChI is InChI=1S/C19H19ClN2OS/c20-9-10-21-17(24)22-15-7-4-8-16(11-15)23-19-12-18(19,13-19)14-5-2-1-3-6-14/h1-8,11H,9-10,12-13H2,(H2,21,22,24). The largest absolute Gasteiger partial charge is 0.486 e. The van der Waals surface area contributed by atoms with Crippen LogP contribution in [-0.4, -0.2) is 23.1 Å². The van der Waals surface area contributed by atoms with Crippen LogP contribution in [-0.2, 0) is 5.41 Å². The topological polar surface area (TPSA) is 33.3 Å². The van der Waals surface area contributed by atoms with Gasteiger partial charge in [0, 0.05) is 42.4 Å². The highest BCUT2D eigenvalue weighted by molar-refractivity contribution is 7.80. The molecule has 0 saturated heterocycles. The van der Waals surface area contributed by atoms with E-state index in [0.717, 1.165) is 24.3 Å². The highest BCUT2D eigenvalue weighted by Crippen LogP contribution is 2.80. The van der Waals surface area contributed by atoms with Crippen LogP contribution in [0, 0.1) is 0 Å². The van der Waals surface area contributed by atoms with Crippen LogP contribution in [0.25, 0.3) is 0 Å². The third-order valence-electron chi connectivity index (χ3n) is 4.91. The molecule has 0 atom stereocenters. The fourth-order valence-electron chi connectivity index (χ4n) is 3.43. The Balaban J connectivity index is 1.41. The number of rotatable bonds is 6. The predicted octanol–water partition coefficient (Wildman–Crippen LogP) is 4.07. The lowest BCUT2D eigenvalue weighted by molar-refractivity contribution is 0.239. The normalized spacial score (nSPS) is 26.2. The Morgan fingerprint density at radius 1 is 1.12 bits per heavy atom. The van der Waals surface area contributed by atoms with Crippen molar-refractivity contribution in [2.75, 3.05) is 17.7 Å². The van der Waals surface area contributed by atoms with Crippen molar-refractivity contribution in [3.63, 3.8) is 0 Å². The van der Waals surface area contributed by atoms with Crippen molar-refractivity contribution in [1.82, 2.24) is 5.32 Å². The van der Waals surface area contributed by atoms with E-state index in [9.17, 15) is 0 Å². The Hall–Kier alpha value is -1.78. The molecule has 2 saturated carbocycles. The van der Waals surface area contributed by atoms with Crippen molar-refractivity contribution >= 4 is 34.6 Å². The molecule has 0 heterocycles. The first kappa shape index (κ1) is 15.7. The van der Waals surface area contributed by atoms with E-state index in [1.165, 1.54) is 5.56 Å². The smallest absolute Gasteiger partial charge is 0.170 e. The van der Waals surface area contributed by atoms with Crippen LogP contribution in [0.3, 0.4) is 0 Å². The number of fused-ring (bicyclic) bond motifs is 1. The van der Waals surface area contributed by atoms with Crippen LogP contribution < -0.4 is 15.4 Å². The van der Waals surface area contributed by atoms with Gasteiger partial charge in [-0.3, -0.25) is 0 Å². The maximum Gasteiger partial charge on any atom is 0.170 e. The first-order chi connectivity index (χ1) is 11.7. The first-order valence-electron chi connectivity index (χ1n) is 8.13. The molecule has 0 bridgehead atoms. The SMILES string of the molecule is S=C(NCCCl)Nc1cccc(OC23CC2(c2ccccc2)C3)c1. The van der Waals surface area contributed by atoms with Gasteiger partial charge in [-0.25, -0.2) is 0 Å². The highest BCUT2D eigenvalue weighted by atomic mass is 35.5. The van der Waals surface area contributed by atoms with Gasteiger partial charge >= 0.3 is 0 Å². The van der Waals surface area contributed by atoms with Gasteiger partial charge in [0.1, 0.15) is 11.4 Å². The second kappa shape index (κ2) is 5.94. The van der Waals surface area contributed by atoms with Gasteiger partial charge in [-0.1, -0.05) is 36.4 Å². The third kappa shape index (κ3) is 2.74. The Morgan fingerprint density at radius 2 is 1.92 bits per heavy atom. The summed E-state index contributed by atoms with van der Waals surface area (Å²) < 4.78 is 6.32. The van der Waals surface area contributed by atoms with E-state index >= 15 is 0 Å². The van der Waals surface area contributed by atoms with Gasteiger partial charge in [0.25, 0.3) is 0 Å². The molecule has 0 unspecified atom stereocenters. The van der Waals surface area contributed by atoms with Gasteiger partial charge in [-0.2, -0.15) is 0 Å². The molecule has 5 heteroatoms. The van der Waals surface area contributed by atoms with Crippen molar-refractivity contribution in [2.24, 2.45) is 0 Å². The molecule has 2 aromatic carbocycles. The summed E-state index contributed by atoms with van der Waals surface area (Å²) in [7, 11) is 0. The fraction of sp³-hybridized carbons (Fsp3) is 0.316. The summed E-state index contributed by atoms with van der Waals surface area (Å²) in [4.78, 5) is 0. The molecule has 0 aliphatic heterocycles. The third-order valence-corrected chi connectivity index (χ3v) is 5.34. The highest BCUT2D eigenvalue weighted by Gasteiger charge is 2.86. The van der Waals surface area contributed by atoms with Crippen molar-refractivity contribution in [2.45, 2.75) is 23.9 Å². The average molecular weight is 359 g/mol. The number of ether oxygens (including phenoxy) is 1. The van der Waals surface area contributed by atoms with Gasteiger partial charge in [0.15, 0.2) is 5.11 Å². The number of hydrogen-bond acceptors (Lipinski definition) is 2. The number of alkyl halides is 1. The number of benzene rings is 2. The Kier molecular flexibility index (Phi) is 3.89. The van der Waals surface area contributed by atoms with Crippen LogP contribution in [0.4, 0.5) is 5.69 Å². The molecule has 0 amide bonds. The van der Waals surface area contributed by atoms with Gasteiger partial charge < -0.3 is 15.4 Å². The maximum absolute atomic E-state index is 6.32. The lowest BCUT2D eigenvalue weighted by Crippen LogP contribution is -2.29. The van der Waals surface area contributed by atoms with Crippen molar-refractivity contribution in [3.8, 4) is 5.75 Å². The summed E-state index contributed by atoms with van der Waals surface area (Å²) in [5, 5.41) is 6.78. The van der Waals surface area contributed by atoms with Crippen molar-refractivity contribution < 1.29 is 4.74 Å². The van der Waals surface area contributed by atoms with Crippen LogP contribution in [0.2, 0.25) is 0 Å². The quantitative estimate of drug-likeness (QED) is 0.602. The summed E-state index contributed by atoms with van der Waals surface area (Å²) in [6, 6.07) is 18.6. The molecule has 2 aromatic rings. The minimum atomic E-state index is 0.00432. The van der Waals surface area contributed by atoms with Crippen LogP contribution in [0.1, 0.15) is 18.4 Å². The fourth-order valence-corrected chi connectivity index (χ4v) is 3.74. The molecular weight excluding hydrogens is 340 g/mol. The maximum atomic E-state index is 6.32. The summed E-state index contributed by atoms with van der Waals surface area (Å²) in [5.74, 6) is 1.41. The zero-order valence-electron chi connectivity index (χ0n) is 13.2.